The Kier molecular flexibility index (Phi) is 4.56. The summed E-state index contributed by atoms with van der Waals surface area (Å²) in [6.45, 7) is 6.53. The lowest BCUT2D eigenvalue weighted by Gasteiger charge is -2.33. The van der Waals surface area contributed by atoms with Crippen LogP contribution in [0.4, 0.5) is 0 Å². The van der Waals surface area contributed by atoms with Gasteiger partial charge < -0.3 is 9.16 Å². The highest BCUT2D eigenvalue weighted by atomic mass is 32.6. The zero-order chi connectivity index (χ0) is 17.1. The average Bonchev–Trinajstić information content (AvgIpc) is 2.53. The molecular weight excluding hydrogens is 332 g/mol. The van der Waals surface area contributed by atoms with E-state index in [9.17, 15) is 16.8 Å². The van der Waals surface area contributed by atoms with E-state index in [1.807, 2.05) is 20.8 Å². The van der Waals surface area contributed by atoms with E-state index in [0.29, 0.717) is 0 Å². The van der Waals surface area contributed by atoms with E-state index in [-0.39, 0.29) is 0 Å². The second-order valence-corrected chi connectivity index (χ2v) is 21.8. The summed E-state index contributed by atoms with van der Waals surface area (Å²) in [5.74, 6) is 0. The molecule has 0 radical (unpaired) electrons. The number of hydrogen-bond acceptors (Lipinski definition) is 6. The molecule has 126 valence electrons. The van der Waals surface area contributed by atoms with Crippen LogP contribution >= 0.6 is 0 Å². The standard InChI is InChI=1S/C12H26O6S2Si/c1-11(2,3)9-17-10(12(4,5)6)21(18-9,19(7,13)14)20(8,15)16/h9-10H,1-8H3. The van der Waals surface area contributed by atoms with Crippen molar-refractivity contribution in [3.05, 3.63) is 0 Å². The minimum Gasteiger partial charge on any atom is -0.364 e. The highest BCUT2D eigenvalue weighted by Gasteiger charge is 2.73. The first kappa shape index (κ1) is 19.1. The topological polar surface area (TPSA) is 86.7 Å². The van der Waals surface area contributed by atoms with Gasteiger partial charge in [0.05, 0.1) is 0 Å². The van der Waals surface area contributed by atoms with Crippen LogP contribution in [-0.2, 0) is 27.7 Å². The second kappa shape index (κ2) is 5.02. The van der Waals surface area contributed by atoms with Crippen LogP contribution in [-0.4, -0.2) is 48.0 Å². The van der Waals surface area contributed by atoms with E-state index >= 15 is 0 Å². The molecule has 9 heteroatoms. The van der Waals surface area contributed by atoms with Gasteiger partial charge in [-0.3, -0.25) is 0 Å². The Bertz CT molecular complexity index is 577. The van der Waals surface area contributed by atoms with Crippen LogP contribution in [0, 0.1) is 10.8 Å². The maximum atomic E-state index is 12.4. The summed E-state index contributed by atoms with van der Waals surface area (Å²) in [5.41, 5.74) is -2.16. The van der Waals surface area contributed by atoms with Crippen LogP contribution < -0.4 is 0 Å². The van der Waals surface area contributed by atoms with Crippen molar-refractivity contribution in [3.63, 3.8) is 0 Å². The molecule has 0 aliphatic carbocycles. The Balaban J connectivity index is 3.67. The van der Waals surface area contributed by atoms with Crippen molar-refractivity contribution in [2.45, 2.75) is 53.6 Å². The summed E-state index contributed by atoms with van der Waals surface area (Å²) < 4.78 is 61.2. The van der Waals surface area contributed by atoms with E-state index in [4.69, 9.17) is 9.16 Å². The maximum Gasteiger partial charge on any atom is 0.487 e. The van der Waals surface area contributed by atoms with Crippen molar-refractivity contribution in [1.29, 1.82) is 0 Å². The van der Waals surface area contributed by atoms with Crippen LogP contribution in [0.15, 0.2) is 0 Å². The summed E-state index contributed by atoms with van der Waals surface area (Å²) in [6.07, 6.45) is 1.01. The van der Waals surface area contributed by atoms with Gasteiger partial charge in [0.15, 0.2) is 24.9 Å². The van der Waals surface area contributed by atoms with Crippen LogP contribution in [0.25, 0.3) is 0 Å². The highest BCUT2D eigenvalue weighted by molar-refractivity contribution is 8.50. The fraction of sp³-hybridized carbons (Fsp3) is 1.00. The summed E-state index contributed by atoms with van der Waals surface area (Å²) in [4.78, 5) is 0. The summed E-state index contributed by atoms with van der Waals surface area (Å²) in [6, 6.07) is 0. The van der Waals surface area contributed by atoms with Gasteiger partial charge in [-0.15, -0.1) is 0 Å². The van der Waals surface area contributed by atoms with E-state index in [1.54, 1.807) is 20.8 Å². The van der Waals surface area contributed by atoms with E-state index < -0.39 is 48.0 Å². The Hall–Kier alpha value is 0.0369. The fourth-order valence-electron chi connectivity index (χ4n) is 2.40. The van der Waals surface area contributed by atoms with Gasteiger partial charge in [0.1, 0.15) is 5.73 Å². The van der Waals surface area contributed by atoms with Crippen molar-refractivity contribution in [2.24, 2.45) is 10.8 Å². The molecule has 1 fully saturated rings. The first-order chi connectivity index (χ1) is 8.94. The predicted octanol–water partition coefficient (Wildman–Crippen LogP) is 1.39. The minimum absolute atomic E-state index is 0.520. The van der Waals surface area contributed by atoms with Crippen molar-refractivity contribution in [1.82, 2.24) is 0 Å². The number of rotatable bonds is 2. The lowest BCUT2D eigenvalue weighted by molar-refractivity contribution is -0.130. The third-order valence-electron chi connectivity index (χ3n) is 3.38. The van der Waals surface area contributed by atoms with Gasteiger partial charge in [0.25, 0.3) is 0 Å². The van der Waals surface area contributed by atoms with Crippen LogP contribution in [0.5, 0.6) is 0 Å². The van der Waals surface area contributed by atoms with Crippen LogP contribution in [0.1, 0.15) is 41.5 Å². The SMILES string of the molecule is CC(C)(C)C1OC(C(C)(C)C)[Si](S(C)(=O)=O)(S(C)(=O)=O)O1. The van der Waals surface area contributed by atoms with E-state index in [1.165, 1.54) is 0 Å². The van der Waals surface area contributed by atoms with Crippen molar-refractivity contribution in [3.8, 4) is 0 Å². The Morgan fingerprint density at radius 1 is 0.810 bits per heavy atom. The van der Waals surface area contributed by atoms with Gasteiger partial charge in [0, 0.05) is 17.9 Å². The molecule has 2 unspecified atom stereocenters. The lowest BCUT2D eigenvalue weighted by atomic mass is 9.95. The molecule has 0 bridgehead atoms. The van der Waals surface area contributed by atoms with Crippen LogP contribution in [0.3, 0.4) is 0 Å². The normalized spacial score (nSPS) is 27.8. The zero-order valence-corrected chi connectivity index (χ0v) is 16.6. The summed E-state index contributed by atoms with van der Waals surface area (Å²) in [5, 5.41) is 0. The third-order valence-corrected chi connectivity index (χ3v) is 21.1. The van der Waals surface area contributed by atoms with Gasteiger partial charge in [-0.05, 0) is 5.41 Å². The Labute approximate surface area is 128 Å². The second-order valence-electron chi connectivity index (χ2n) is 7.85. The molecule has 6 nitrogen and oxygen atoms in total. The maximum absolute atomic E-state index is 12.4. The molecule has 0 amide bonds. The van der Waals surface area contributed by atoms with Crippen molar-refractivity contribution in [2.75, 3.05) is 12.5 Å². The van der Waals surface area contributed by atoms with Gasteiger partial charge in [-0.1, -0.05) is 41.5 Å². The molecule has 1 heterocycles. The highest BCUT2D eigenvalue weighted by Crippen LogP contribution is 2.46. The Morgan fingerprint density at radius 2 is 1.19 bits per heavy atom. The molecule has 0 spiro atoms. The zero-order valence-electron chi connectivity index (χ0n) is 13.9. The molecule has 1 aliphatic heterocycles. The molecular formula is C12H26O6S2Si. The largest absolute Gasteiger partial charge is 0.487 e. The predicted molar refractivity (Wildman–Crippen MR) is 84.1 cm³/mol. The van der Waals surface area contributed by atoms with Gasteiger partial charge >= 0.3 is 6.62 Å². The molecule has 0 aromatic heterocycles. The van der Waals surface area contributed by atoms with E-state index in [0.717, 1.165) is 12.5 Å². The monoisotopic (exact) mass is 358 g/mol. The van der Waals surface area contributed by atoms with Crippen molar-refractivity contribution >= 4 is 25.2 Å². The fourth-order valence-corrected chi connectivity index (χ4v) is 19.2. The lowest BCUT2D eigenvalue weighted by Crippen LogP contribution is -2.63. The quantitative estimate of drug-likeness (QED) is 0.693. The Morgan fingerprint density at radius 3 is 1.38 bits per heavy atom. The third kappa shape index (κ3) is 3.21. The molecule has 0 saturated carbocycles. The molecule has 0 aromatic carbocycles. The van der Waals surface area contributed by atoms with Gasteiger partial charge in [-0.2, -0.15) is 0 Å². The summed E-state index contributed by atoms with van der Waals surface area (Å²) >= 11 is 0. The molecule has 0 N–H and O–H groups in total. The molecule has 0 aromatic rings. The smallest absolute Gasteiger partial charge is 0.364 e. The molecule has 1 aliphatic rings. The number of ether oxygens (including phenoxy) is 1. The van der Waals surface area contributed by atoms with Crippen molar-refractivity contribution < 1.29 is 26.0 Å². The first-order valence-corrected chi connectivity index (χ1v) is 13.9. The van der Waals surface area contributed by atoms with Crippen LogP contribution in [0.2, 0.25) is 0 Å². The molecule has 21 heavy (non-hydrogen) atoms. The minimum atomic E-state index is -4.25. The first-order valence-electron chi connectivity index (χ1n) is 6.67. The number of hydrogen-bond donors (Lipinski definition) is 0. The average molecular weight is 359 g/mol. The molecule has 2 atom stereocenters. The summed E-state index contributed by atoms with van der Waals surface area (Å²) in [7, 11) is -7.89. The van der Waals surface area contributed by atoms with E-state index in [2.05, 4.69) is 0 Å². The molecule has 1 saturated heterocycles. The van der Waals surface area contributed by atoms with Gasteiger partial charge in [0.2, 0.25) is 0 Å². The molecule has 1 rings (SSSR count). The van der Waals surface area contributed by atoms with Gasteiger partial charge in [-0.25, -0.2) is 16.8 Å².